The summed E-state index contributed by atoms with van der Waals surface area (Å²) in [5, 5.41) is 11.6. The van der Waals surface area contributed by atoms with Crippen LogP contribution in [0.2, 0.25) is 0 Å². The van der Waals surface area contributed by atoms with Gasteiger partial charge in [-0.15, -0.1) is 6.58 Å². The van der Waals surface area contributed by atoms with E-state index in [4.69, 9.17) is 0 Å². The van der Waals surface area contributed by atoms with Crippen LogP contribution in [0, 0.1) is 0 Å². The molecule has 13 heavy (non-hydrogen) atoms. The molecule has 1 rings (SSSR count). The van der Waals surface area contributed by atoms with Crippen molar-refractivity contribution in [3.8, 4) is 0 Å². The van der Waals surface area contributed by atoms with Gasteiger partial charge in [0.25, 0.3) is 0 Å². The molecule has 1 heteroatoms. The normalized spacial score (nSPS) is 12.4. The van der Waals surface area contributed by atoms with E-state index in [-0.39, 0.29) is 0 Å². The van der Waals surface area contributed by atoms with E-state index in [2.05, 4.69) is 6.58 Å². The molecular formula is C12H15O. The molecular weight excluding hydrogens is 160 g/mol. The van der Waals surface area contributed by atoms with Crippen molar-refractivity contribution in [2.75, 3.05) is 0 Å². The minimum Gasteiger partial charge on any atom is -0.228 e. The molecule has 0 aliphatic carbocycles. The van der Waals surface area contributed by atoms with Crippen molar-refractivity contribution in [2.24, 2.45) is 0 Å². The average Bonchev–Trinajstić information content (AvgIpc) is 2.19. The van der Waals surface area contributed by atoms with Crippen molar-refractivity contribution in [1.29, 1.82) is 0 Å². The number of benzene rings is 1. The number of rotatable bonds is 5. The summed E-state index contributed by atoms with van der Waals surface area (Å²) in [6.07, 6.45) is 3.87. The molecule has 1 radical (unpaired) electrons. The van der Waals surface area contributed by atoms with Crippen molar-refractivity contribution in [1.82, 2.24) is 0 Å². The first kappa shape index (κ1) is 10.0. The number of hydrogen-bond donors (Lipinski definition) is 0. The van der Waals surface area contributed by atoms with Gasteiger partial charge >= 0.3 is 0 Å². The third kappa shape index (κ3) is 3.43. The quantitative estimate of drug-likeness (QED) is 0.482. The molecule has 0 bridgehead atoms. The van der Waals surface area contributed by atoms with Gasteiger partial charge in [-0.1, -0.05) is 36.4 Å². The lowest BCUT2D eigenvalue weighted by Crippen LogP contribution is -1.94. The first-order valence-electron chi connectivity index (χ1n) is 4.66. The molecule has 0 aliphatic heterocycles. The van der Waals surface area contributed by atoms with E-state index in [0.717, 1.165) is 18.4 Å². The summed E-state index contributed by atoms with van der Waals surface area (Å²) in [6, 6.07) is 9.54. The standard InChI is InChI=1S/C12H15O/c1-2-3-5-10-12(13)11-8-6-4-7-9-11/h2,4,6-9,12H,1,3,5,10H2. The maximum Gasteiger partial charge on any atom is 0.118 e. The van der Waals surface area contributed by atoms with Crippen LogP contribution in [0.25, 0.3) is 0 Å². The summed E-state index contributed by atoms with van der Waals surface area (Å²) >= 11 is 0. The van der Waals surface area contributed by atoms with Crippen LogP contribution < -0.4 is 0 Å². The number of hydrogen-bond acceptors (Lipinski definition) is 0. The average molecular weight is 175 g/mol. The summed E-state index contributed by atoms with van der Waals surface area (Å²) in [4.78, 5) is 0. The lowest BCUT2D eigenvalue weighted by atomic mass is 10.0. The highest BCUT2D eigenvalue weighted by Crippen LogP contribution is 2.19. The van der Waals surface area contributed by atoms with E-state index in [9.17, 15) is 5.11 Å². The van der Waals surface area contributed by atoms with E-state index < -0.39 is 6.10 Å². The van der Waals surface area contributed by atoms with Gasteiger partial charge in [-0.05, 0) is 24.8 Å². The van der Waals surface area contributed by atoms with Gasteiger partial charge in [0, 0.05) is 0 Å². The summed E-state index contributed by atoms with van der Waals surface area (Å²) in [5.74, 6) is 0. The summed E-state index contributed by atoms with van der Waals surface area (Å²) < 4.78 is 0. The molecule has 1 unspecified atom stereocenters. The molecule has 0 amide bonds. The van der Waals surface area contributed by atoms with Gasteiger partial charge in [0.05, 0.1) is 0 Å². The predicted octanol–water partition coefficient (Wildman–Crippen LogP) is 3.51. The van der Waals surface area contributed by atoms with E-state index >= 15 is 0 Å². The molecule has 0 fully saturated rings. The highest BCUT2D eigenvalue weighted by atomic mass is 16.3. The van der Waals surface area contributed by atoms with Crippen LogP contribution >= 0.6 is 0 Å². The molecule has 1 atom stereocenters. The Morgan fingerprint density at radius 1 is 1.31 bits per heavy atom. The molecule has 1 aromatic rings. The van der Waals surface area contributed by atoms with Gasteiger partial charge in [0.1, 0.15) is 6.10 Å². The van der Waals surface area contributed by atoms with Crippen molar-refractivity contribution in [3.05, 3.63) is 48.6 Å². The van der Waals surface area contributed by atoms with Crippen LogP contribution in [0.5, 0.6) is 0 Å². The van der Waals surface area contributed by atoms with E-state index in [1.165, 1.54) is 0 Å². The third-order valence-corrected chi connectivity index (χ3v) is 2.05. The zero-order valence-electron chi connectivity index (χ0n) is 7.78. The molecule has 69 valence electrons. The largest absolute Gasteiger partial charge is 0.228 e. The fraction of sp³-hybridized carbons (Fsp3) is 0.333. The van der Waals surface area contributed by atoms with Crippen molar-refractivity contribution in [2.45, 2.75) is 25.4 Å². The first-order chi connectivity index (χ1) is 6.34. The maximum atomic E-state index is 11.6. The zero-order valence-corrected chi connectivity index (χ0v) is 7.78. The first-order valence-corrected chi connectivity index (χ1v) is 4.66. The number of unbranched alkanes of at least 4 members (excludes halogenated alkanes) is 1. The second-order valence-electron chi connectivity index (χ2n) is 3.12. The topological polar surface area (TPSA) is 19.9 Å². The van der Waals surface area contributed by atoms with E-state index in [1.807, 2.05) is 36.4 Å². The van der Waals surface area contributed by atoms with Crippen molar-refractivity contribution >= 4 is 0 Å². The highest BCUT2D eigenvalue weighted by Gasteiger charge is 2.06. The minimum atomic E-state index is -0.568. The Morgan fingerprint density at radius 2 is 2.00 bits per heavy atom. The lowest BCUT2D eigenvalue weighted by molar-refractivity contribution is 0.0795. The molecule has 1 aromatic carbocycles. The zero-order chi connectivity index (χ0) is 9.52. The van der Waals surface area contributed by atoms with Gasteiger partial charge < -0.3 is 0 Å². The Kier molecular flexibility index (Phi) is 4.27. The Morgan fingerprint density at radius 3 is 2.62 bits per heavy atom. The van der Waals surface area contributed by atoms with Gasteiger partial charge in [0.2, 0.25) is 0 Å². The molecule has 0 aromatic heterocycles. The van der Waals surface area contributed by atoms with Gasteiger partial charge in [-0.3, -0.25) is 0 Å². The summed E-state index contributed by atoms with van der Waals surface area (Å²) in [7, 11) is 0. The van der Waals surface area contributed by atoms with Gasteiger partial charge in [-0.2, -0.15) is 0 Å². The highest BCUT2D eigenvalue weighted by molar-refractivity contribution is 5.16. The molecule has 0 saturated heterocycles. The fourth-order valence-electron chi connectivity index (χ4n) is 1.28. The monoisotopic (exact) mass is 175 g/mol. The van der Waals surface area contributed by atoms with Crippen LogP contribution in [0.1, 0.15) is 30.9 Å². The summed E-state index contributed by atoms with van der Waals surface area (Å²) in [6.45, 7) is 3.63. The third-order valence-electron chi connectivity index (χ3n) is 2.05. The smallest absolute Gasteiger partial charge is 0.118 e. The molecule has 0 aliphatic rings. The van der Waals surface area contributed by atoms with Crippen LogP contribution in [0.3, 0.4) is 0 Å². The maximum absolute atomic E-state index is 11.6. The molecule has 0 N–H and O–H groups in total. The van der Waals surface area contributed by atoms with Crippen LogP contribution in [-0.4, -0.2) is 0 Å². The molecule has 1 nitrogen and oxygen atoms in total. The van der Waals surface area contributed by atoms with Crippen LogP contribution in [0.4, 0.5) is 0 Å². The molecule has 0 saturated carbocycles. The Balaban J connectivity index is 2.39. The Hall–Kier alpha value is -1.08. The SMILES string of the molecule is C=CCCCC([O])c1ccccc1. The van der Waals surface area contributed by atoms with E-state index in [1.54, 1.807) is 0 Å². The fourth-order valence-corrected chi connectivity index (χ4v) is 1.28. The van der Waals surface area contributed by atoms with Gasteiger partial charge in [0.15, 0.2) is 0 Å². The van der Waals surface area contributed by atoms with Crippen LogP contribution in [0.15, 0.2) is 43.0 Å². The second-order valence-corrected chi connectivity index (χ2v) is 3.12. The second kappa shape index (κ2) is 5.55. The van der Waals surface area contributed by atoms with E-state index in [0.29, 0.717) is 6.42 Å². The van der Waals surface area contributed by atoms with Crippen molar-refractivity contribution < 1.29 is 5.11 Å². The summed E-state index contributed by atoms with van der Waals surface area (Å²) in [5.41, 5.74) is 0.895. The number of allylic oxidation sites excluding steroid dienone is 1. The molecule has 0 spiro atoms. The van der Waals surface area contributed by atoms with Gasteiger partial charge in [-0.25, -0.2) is 5.11 Å². The predicted molar refractivity (Wildman–Crippen MR) is 53.9 cm³/mol. The lowest BCUT2D eigenvalue weighted by Gasteiger charge is -2.06. The Labute approximate surface area is 79.7 Å². The molecule has 0 heterocycles. The van der Waals surface area contributed by atoms with Crippen LogP contribution in [-0.2, 0) is 5.11 Å². The minimum absolute atomic E-state index is 0.568. The van der Waals surface area contributed by atoms with Crippen molar-refractivity contribution in [3.63, 3.8) is 0 Å². The Bertz CT molecular complexity index is 241.